The first-order valence-corrected chi connectivity index (χ1v) is 11.8. The van der Waals surface area contributed by atoms with Crippen LogP contribution in [0.3, 0.4) is 0 Å². The molecule has 10 nitrogen and oxygen atoms in total. The maximum Gasteiger partial charge on any atom is 0.255 e. The molecule has 0 aliphatic carbocycles. The van der Waals surface area contributed by atoms with E-state index in [1.807, 2.05) is 0 Å². The van der Waals surface area contributed by atoms with Crippen LogP contribution in [-0.4, -0.2) is 82.7 Å². The number of carbonyl (C=O) groups excluding carboxylic acids is 2. The lowest BCUT2D eigenvalue weighted by Gasteiger charge is -2.33. The number of benzene rings is 1. The lowest BCUT2D eigenvalue weighted by atomic mass is 10.00. The molecule has 2 amide bonds. The molecule has 3 heterocycles. The Morgan fingerprint density at radius 3 is 2.71 bits per heavy atom. The Morgan fingerprint density at radius 1 is 1.23 bits per heavy atom. The first kappa shape index (κ1) is 24.6. The average molecular weight is 498 g/mol. The van der Waals surface area contributed by atoms with E-state index in [-0.39, 0.29) is 34.4 Å². The minimum atomic E-state index is -0.169. The molecule has 0 bridgehead atoms. The maximum atomic E-state index is 12.8. The highest BCUT2D eigenvalue weighted by Crippen LogP contribution is 2.27. The van der Waals surface area contributed by atoms with E-state index in [2.05, 4.69) is 21.9 Å². The molecule has 0 radical (unpaired) electrons. The third-order valence-corrected chi connectivity index (χ3v) is 6.47. The number of nitrogen functional groups attached to an aromatic ring is 1. The van der Waals surface area contributed by atoms with Crippen LogP contribution in [0.2, 0.25) is 5.02 Å². The number of nitrogens with two attached hydrogens (primary N) is 1. The molecule has 0 saturated carbocycles. The third-order valence-electron chi connectivity index (χ3n) is 6.16. The molecule has 2 fully saturated rings. The van der Waals surface area contributed by atoms with Crippen LogP contribution >= 0.6 is 11.6 Å². The molecule has 2 aliphatic rings. The van der Waals surface area contributed by atoms with Gasteiger partial charge in [0.05, 0.1) is 35.1 Å². The number of ether oxygens (including phenoxy) is 1. The summed E-state index contributed by atoms with van der Waals surface area (Å²) < 4.78 is 5.31. The number of amides is 2. The summed E-state index contributed by atoms with van der Waals surface area (Å²) in [6.45, 7) is 6.74. The summed E-state index contributed by atoms with van der Waals surface area (Å²) >= 11 is 6.47. The Labute approximate surface area is 208 Å². The van der Waals surface area contributed by atoms with Gasteiger partial charge in [0, 0.05) is 37.8 Å². The number of nitrogens with one attached hydrogen (secondary N) is 2. The third kappa shape index (κ3) is 5.44. The number of rotatable bonds is 6. The van der Waals surface area contributed by atoms with Crippen LogP contribution in [0.5, 0.6) is 0 Å². The zero-order chi connectivity index (χ0) is 24.9. The molecule has 1 aromatic heterocycles. The van der Waals surface area contributed by atoms with Gasteiger partial charge in [-0.3, -0.25) is 15.0 Å². The van der Waals surface area contributed by atoms with Gasteiger partial charge in [0.2, 0.25) is 5.91 Å². The molecule has 0 spiro atoms. The molecule has 35 heavy (non-hydrogen) atoms. The number of anilines is 2. The molecule has 4 N–H and O–H groups in total. The van der Waals surface area contributed by atoms with Crippen LogP contribution in [-0.2, 0) is 9.53 Å². The van der Waals surface area contributed by atoms with Crippen LogP contribution in [0.25, 0.3) is 0 Å². The highest BCUT2D eigenvalue weighted by atomic mass is 35.5. The molecule has 4 rings (SSSR count). The molecule has 11 heteroatoms. The normalized spacial score (nSPS) is 18.1. The van der Waals surface area contributed by atoms with Crippen molar-refractivity contribution in [1.82, 2.24) is 19.8 Å². The van der Waals surface area contributed by atoms with Crippen LogP contribution in [0, 0.1) is 5.41 Å². The number of nitrogens with zero attached hydrogens (tertiary/aromatic N) is 4. The zero-order valence-electron chi connectivity index (χ0n) is 19.3. The second-order valence-electron chi connectivity index (χ2n) is 8.43. The van der Waals surface area contributed by atoms with Gasteiger partial charge < -0.3 is 25.6 Å². The van der Waals surface area contributed by atoms with Crippen molar-refractivity contribution >= 4 is 40.8 Å². The SMILES string of the molecule is C=CC(=O)N1CCCC(Nc2ncnc(N)c2C(=N)c2ccc(C(=O)N3CCOCC3)c(Cl)c2)C1. The minimum Gasteiger partial charge on any atom is -0.383 e. The van der Waals surface area contributed by atoms with Gasteiger partial charge in [-0.1, -0.05) is 24.2 Å². The van der Waals surface area contributed by atoms with Gasteiger partial charge in [0.1, 0.15) is 18.0 Å². The quantitative estimate of drug-likeness (QED) is 0.411. The monoisotopic (exact) mass is 497 g/mol. The zero-order valence-corrected chi connectivity index (χ0v) is 20.1. The Hall–Kier alpha value is -3.50. The Kier molecular flexibility index (Phi) is 7.62. The Bertz CT molecular complexity index is 1150. The second-order valence-corrected chi connectivity index (χ2v) is 8.84. The molecule has 1 atom stereocenters. The number of aromatic nitrogens is 2. The van der Waals surface area contributed by atoms with Gasteiger partial charge in [-0.05, 0) is 31.1 Å². The summed E-state index contributed by atoms with van der Waals surface area (Å²) in [5.41, 5.74) is 7.42. The van der Waals surface area contributed by atoms with Crippen molar-refractivity contribution in [2.75, 3.05) is 50.4 Å². The summed E-state index contributed by atoms with van der Waals surface area (Å²) in [6, 6.07) is 4.81. The fraction of sp³-hybridized carbons (Fsp3) is 0.375. The number of piperidine rings is 1. The highest BCUT2D eigenvalue weighted by Gasteiger charge is 2.26. The molecule has 184 valence electrons. The Morgan fingerprint density at radius 2 is 2.00 bits per heavy atom. The standard InChI is InChI=1S/C24H28ClN7O3/c1-2-19(33)32-7-3-4-16(13-32)30-23-20(22(27)28-14-29-23)21(26)15-5-6-17(18(25)12-15)24(34)31-8-10-35-11-9-31/h2,5-6,12,14,16,26H,1,3-4,7-11,13H2,(H3,27,28,29,30). The highest BCUT2D eigenvalue weighted by molar-refractivity contribution is 6.34. The summed E-state index contributed by atoms with van der Waals surface area (Å²) in [7, 11) is 0. The van der Waals surface area contributed by atoms with Gasteiger partial charge in [-0.2, -0.15) is 0 Å². The fourth-order valence-corrected chi connectivity index (χ4v) is 4.56. The van der Waals surface area contributed by atoms with Gasteiger partial charge >= 0.3 is 0 Å². The van der Waals surface area contributed by atoms with E-state index in [0.717, 1.165) is 12.8 Å². The summed E-state index contributed by atoms with van der Waals surface area (Å²) in [5, 5.41) is 12.4. The second kappa shape index (κ2) is 10.8. The van der Waals surface area contributed by atoms with Crippen LogP contribution in [0.4, 0.5) is 11.6 Å². The van der Waals surface area contributed by atoms with Crippen molar-refractivity contribution < 1.29 is 14.3 Å². The van der Waals surface area contributed by atoms with Crippen LogP contribution < -0.4 is 11.1 Å². The summed E-state index contributed by atoms with van der Waals surface area (Å²) in [5.74, 6) is 0.266. The molecule has 2 saturated heterocycles. The summed E-state index contributed by atoms with van der Waals surface area (Å²) in [4.78, 5) is 36.7. The van der Waals surface area contributed by atoms with Crippen molar-refractivity contribution in [3.8, 4) is 0 Å². The van der Waals surface area contributed by atoms with Crippen molar-refractivity contribution in [3.05, 3.63) is 58.9 Å². The number of morpholine rings is 1. The molecule has 1 aromatic carbocycles. The molecule has 2 aliphatic heterocycles. The van der Waals surface area contributed by atoms with Gasteiger partial charge in [-0.15, -0.1) is 0 Å². The van der Waals surface area contributed by atoms with Crippen molar-refractivity contribution in [2.24, 2.45) is 0 Å². The smallest absolute Gasteiger partial charge is 0.255 e. The number of hydrogen-bond donors (Lipinski definition) is 3. The van der Waals surface area contributed by atoms with E-state index in [1.165, 1.54) is 12.4 Å². The maximum absolute atomic E-state index is 12.8. The van der Waals surface area contributed by atoms with E-state index in [0.29, 0.717) is 61.9 Å². The van der Waals surface area contributed by atoms with Crippen LogP contribution in [0.1, 0.15) is 34.3 Å². The van der Waals surface area contributed by atoms with E-state index < -0.39 is 0 Å². The number of carbonyl (C=O) groups is 2. The van der Waals surface area contributed by atoms with Gasteiger partial charge in [0.25, 0.3) is 5.91 Å². The predicted molar refractivity (Wildman–Crippen MR) is 134 cm³/mol. The van der Waals surface area contributed by atoms with E-state index in [9.17, 15) is 9.59 Å². The van der Waals surface area contributed by atoms with E-state index >= 15 is 0 Å². The molecular weight excluding hydrogens is 470 g/mol. The van der Waals surface area contributed by atoms with E-state index in [4.69, 9.17) is 27.5 Å². The topological polar surface area (TPSA) is 138 Å². The Balaban J connectivity index is 1.56. The average Bonchev–Trinajstić information content (AvgIpc) is 2.88. The molecule has 1 unspecified atom stereocenters. The van der Waals surface area contributed by atoms with Crippen molar-refractivity contribution in [2.45, 2.75) is 18.9 Å². The van der Waals surface area contributed by atoms with Crippen molar-refractivity contribution in [1.29, 1.82) is 5.41 Å². The van der Waals surface area contributed by atoms with Crippen LogP contribution in [0.15, 0.2) is 37.2 Å². The summed E-state index contributed by atoms with van der Waals surface area (Å²) in [6.07, 6.45) is 4.31. The largest absolute Gasteiger partial charge is 0.383 e. The lowest BCUT2D eigenvalue weighted by molar-refractivity contribution is -0.127. The lowest BCUT2D eigenvalue weighted by Crippen LogP contribution is -2.44. The first-order valence-electron chi connectivity index (χ1n) is 11.4. The number of likely N-dealkylation sites (tertiary alicyclic amines) is 1. The fourth-order valence-electron chi connectivity index (χ4n) is 4.30. The molecule has 2 aromatic rings. The number of halogens is 1. The minimum absolute atomic E-state index is 0.0643. The first-order chi connectivity index (χ1) is 16.9. The van der Waals surface area contributed by atoms with Gasteiger partial charge in [0.15, 0.2) is 0 Å². The predicted octanol–water partition coefficient (Wildman–Crippen LogP) is 2.19. The molecular formula is C24H28ClN7O3. The van der Waals surface area contributed by atoms with E-state index in [1.54, 1.807) is 28.0 Å². The number of hydrogen-bond acceptors (Lipinski definition) is 8. The van der Waals surface area contributed by atoms with Gasteiger partial charge in [-0.25, -0.2) is 9.97 Å². The van der Waals surface area contributed by atoms with Crippen molar-refractivity contribution in [3.63, 3.8) is 0 Å².